The first-order valence-corrected chi connectivity index (χ1v) is 6.16. The number of esters is 1. The van der Waals surface area contributed by atoms with Crippen LogP contribution in [0.25, 0.3) is 0 Å². The lowest BCUT2D eigenvalue weighted by Gasteiger charge is -2.31. The van der Waals surface area contributed by atoms with E-state index in [1.807, 2.05) is 0 Å². The minimum atomic E-state index is -0.492. The Labute approximate surface area is 108 Å². The molecule has 1 atom stereocenters. The summed E-state index contributed by atoms with van der Waals surface area (Å²) in [4.78, 5) is 26.5. The number of carbonyl (C=O) groups is 2. The van der Waals surface area contributed by atoms with Crippen molar-refractivity contribution in [1.82, 2.24) is 9.80 Å². The molecule has 0 N–H and O–H groups in total. The Kier molecular flexibility index (Phi) is 6.07. The zero-order valence-electron chi connectivity index (χ0n) is 11.3. The number of amides is 1. The lowest BCUT2D eigenvalue weighted by Crippen LogP contribution is -2.46. The van der Waals surface area contributed by atoms with E-state index in [9.17, 15) is 9.59 Å². The van der Waals surface area contributed by atoms with E-state index in [1.54, 1.807) is 19.0 Å². The van der Waals surface area contributed by atoms with E-state index in [0.717, 1.165) is 19.5 Å². The van der Waals surface area contributed by atoms with Crippen LogP contribution in [0.1, 0.15) is 12.8 Å². The number of ether oxygens (including phenoxy) is 2. The average molecular weight is 258 g/mol. The third kappa shape index (κ3) is 4.62. The molecule has 6 nitrogen and oxygen atoms in total. The molecule has 18 heavy (non-hydrogen) atoms. The molecule has 1 aliphatic rings. The first-order chi connectivity index (χ1) is 8.54. The van der Waals surface area contributed by atoms with E-state index in [-0.39, 0.29) is 11.9 Å². The summed E-state index contributed by atoms with van der Waals surface area (Å²) >= 11 is 0. The topological polar surface area (TPSA) is 59.1 Å². The fourth-order valence-electron chi connectivity index (χ4n) is 1.86. The molecule has 1 unspecified atom stereocenters. The molecule has 0 radical (unpaired) electrons. The highest BCUT2D eigenvalue weighted by atomic mass is 16.6. The van der Waals surface area contributed by atoms with Crippen molar-refractivity contribution >= 4 is 11.9 Å². The third-order valence-electron chi connectivity index (χ3n) is 2.98. The number of hydrogen-bond acceptors (Lipinski definition) is 5. The van der Waals surface area contributed by atoms with Gasteiger partial charge in [0.05, 0.1) is 13.7 Å². The molecule has 0 aromatic carbocycles. The van der Waals surface area contributed by atoms with Crippen molar-refractivity contribution in [1.29, 1.82) is 0 Å². The van der Waals surface area contributed by atoms with Gasteiger partial charge in [0.25, 0.3) is 0 Å². The van der Waals surface area contributed by atoms with Gasteiger partial charge in [-0.15, -0.1) is 0 Å². The molecule has 1 amide bonds. The largest absolute Gasteiger partial charge is 0.467 e. The van der Waals surface area contributed by atoms with Crippen LogP contribution in [0.2, 0.25) is 0 Å². The fourth-order valence-corrected chi connectivity index (χ4v) is 1.86. The SMILES string of the molecule is COC(=O)C1CN(CCCC(=O)N(C)C)CCO1. The lowest BCUT2D eigenvalue weighted by molar-refractivity contribution is -0.159. The highest BCUT2D eigenvalue weighted by molar-refractivity contribution is 5.75. The van der Waals surface area contributed by atoms with Crippen molar-refractivity contribution in [2.24, 2.45) is 0 Å². The zero-order chi connectivity index (χ0) is 13.5. The van der Waals surface area contributed by atoms with Gasteiger partial charge in [-0.2, -0.15) is 0 Å². The first kappa shape index (κ1) is 14.9. The molecule has 1 saturated heterocycles. The lowest BCUT2D eigenvalue weighted by atomic mass is 10.2. The van der Waals surface area contributed by atoms with Gasteiger partial charge in [-0.05, 0) is 13.0 Å². The van der Waals surface area contributed by atoms with E-state index in [2.05, 4.69) is 9.64 Å². The maximum absolute atomic E-state index is 11.4. The Hall–Kier alpha value is -1.14. The van der Waals surface area contributed by atoms with Crippen LogP contribution >= 0.6 is 0 Å². The number of rotatable bonds is 5. The average Bonchev–Trinajstić information content (AvgIpc) is 2.37. The molecule has 104 valence electrons. The van der Waals surface area contributed by atoms with Gasteiger partial charge in [0.1, 0.15) is 0 Å². The molecule has 0 bridgehead atoms. The Bertz CT molecular complexity index is 294. The third-order valence-corrected chi connectivity index (χ3v) is 2.98. The maximum atomic E-state index is 11.4. The molecule has 0 spiro atoms. The quantitative estimate of drug-likeness (QED) is 0.635. The van der Waals surface area contributed by atoms with Crippen LogP contribution in [-0.2, 0) is 19.1 Å². The molecule has 0 aromatic heterocycles. The minimum absolute atomic E-state index is 0.132. The molecule has 1 heterocycles. The van der Waals surface area contributed by atoms with Gasteiger partial charge in [-0.1, -0.05) is 0 Å². The molecule has 0 saturated carbocycles. The second kappa shape index (κ2) is 7.33. The van der Waals surface area contributed by atoms with Crippen molar-refractivity contribution in [2.75, 3.05) is 47.4 Å². The summed E-state index contributed by atoms with van der Waals surface area (Å²) in [6, 6.07) is 0. The maximum Gasteiger partial charge on any atom is 0.336 e. The van der Waals surface area contributed by atoms with Crippen LogP contribution in [0.3, 0.4) is 0 Å². The van der Waals surface area contributed by atoms with Crippen molar-refractivity contribution < 1.29 is 19.1 Å². The van der Waals surface area contributed by atoms with Crippen LogP contribution in [0.15, 0.2) is 0 Å². The van der Waals surface area contributed by atoms with Crippen LogP contribution in [0.5, 0.6) is 0 Å². The molecule has 0 aromatic rings. The molecular weight excluding hydrogens is 236 g/mol. The Morgan fingerprint density at radius 1 is 1.44 bits per heavy atom. The van der Waals surface area contributed by atoms with Crippen LogP contribution < -0.4 is 0 Å². The molecule has 0 aliphatic carbocycles. The number of morpholine rings is 1. The van der Waals surface area contributed by atoms with Crippen LogP contribution in [-0.4, -0.2) is 75.2 Å². The van der Waals surface area contributed by atoms with E-state index in [0.29, 0.717) is 19.6 Å². The summed E-state index contributed by atoms with van der Waals surface area (Å²) in [6.07, 6.45) is 0.839. The normalized spacial score (nSPS) is 20.5. The first-order valence-electron chi connectivity index (χ1n) is 6.16. The van der Waals surface area contributed by atoms with Gasteiger partial charge < -0.3 is 14.4 Å². The van der Waals surface area contributed by atoms with E-state index >= 15 is 0 Å². The second-order valence-corrected chi connectivity index (χ2v) is 4.57. The van der Waals surface area contributed by atoms with E-state index < -0.39 is 6.10 Å². The second-order valence-electron chi connectivity index (χ2n) is 4.57. The summed E-state index contributed by atoms with van der Waals surface area (Å²) in [5, 5.41) is 0. The highest BCUT2D eigenvalue weighted by Gasteiger charge is 2.26. The van der Waals surface area contributed by atoms with Gasteiger partial charge in [0, 0.05) is 33.6 Å². The Morgan fingerprint density at radius 3 is 2.78 bits per heavy atom. The standard InChI is InChI=1S/C12H22N2O4/c1-13(2)11(15)5-4-6-14-7-8-18-10(9-14)12(16)17-3/h10H,4-9H2,1-3H3. The predicted octanol–water partition coefficient (Wildman–Crippen LogP) is -0.271. The van der Waals surface area contributed by atoms with Gasteiger partial charge in [0.2, 0.25) is 5.91 Å². The van der Waals surface area contributed by atoms with E-state index in [4.69, 9.17) is 4.74 Å². The summed E-state index contributed by atoms with van der Waals surface area (Å²) in [5.41, 5.74) is 0. The monoisotopic (exact) mass is 258 g/mol. The molecule has 1 aliphatic heterocycles. The van der Waals surface area contributed by atoms with Crippen molar-refractivity contribution in [3.05, 3.63) is 0 Å². The molecule has 1 rings (SSSR count). The van der Waals surface area contributed by atoms with Gasteiger partial charge in [0.15, 0.2) is 6.10 Å². The predicted molar refractivity (Wildman–Crippen MR) is 66.1 cm³/mol. The Balaban J connectivity index is 2.26. The van der Waals surface area contributed by atoms with Gasteiger partial charge >= 0.3 is 5.97 Å². The van der Waals surface area contributed by atoms with Crippen molar-refractivity contribution in [2.45, 2.75) is 18.9 Å². The van der Waals surface area contributed by atoms with Crippen LogP contribution in [0, 0.1) is 0 Å². The summed E-state index contributed by atoms with van der Waals surface area (Å²) in [7, 11) is 4.87. The smallest absolute Gasteiger partial charge is 0.336 e. The van der Waals surface area contributed by atoms with E-state index in [1.165, 1.54) is 7.11 Å². The van der Waals surface area contributed by atoms with Crippen molar-refractivity contribution in [3.8, 4) is 0 Å². The fraction of sp³-hybridized carbons (Fsp3) is 0.833. The number of methoxy groups -OCH3 is 1. The summed E-state index contributed by atoms with van der Waals surface area (Å²) < 4.78 is 10.00. The summed E-state index contributed by atoms with van der Waals surface area (Å²) in [6.45, 7) is 2.67. The van der Waals surface area contributed by atoms with Gasteiger partial charge in [-0.25, -0.2) is 4.79 Å². The number of hydrogen-bond donors (Lipinski definition) is 0. The van der Waals surface area contributed by atoms with Crippen molar-refractivity contribution in [3.63, 3.8) is 0 Å². The zero-order valence-corrected chi connectivity index (χ0v) is 11.3. The molecule has 6 heteroatoms. The van der Waals surface area contributed by atoms with Gasteiger partial charge in [-0.3, -0.25) is 9.69 Å². The Morgan fingerprint density at radius 2 is 2.17 bits per heavy atom. The van der Waals surface area contributed by atoms with Crippen LogP contribution in [0.4, 0.5) is 0 Å². The highest BCUT2D eigenvalue weighted by Crippen LogP contribution is 2.08. The summed E-state index contributed by atoms with van der Waals surface area (Å²) in [5.74, 6) is -0.197. The number of carbonyl (C=O) groups excluding carboxylic acids is 2. The molecular formula is C12H22N2O4. The molecule has 1 fully saturated rings. The number of nitrogens with zero attached hydrogens (tertiary/aromatic N) is 2. The minimum Gasteiger partial charge on any atom is -0.467 e.